The van der Waals surface area contributed by atoms with Crippen LogP contribution in [0.25, 0.3) is 0 Å². The van der Waals surface area contributed by atoms with E-state index in [4.69, 9.17) is 0 Å². The maximum absolute atomic E-state index is 10.1. The third-order valence-corrected chi connectivity index (χ3v) is 6.06. The van der Waals surface area contributed by atoms with Gasteiger partial charge in [0.05, 0.1) is 35.8 Å². The molecule has 0 unspecified atom stereocenters. The van der Waals surface area contributed by atoms with E-state index in [1.54, 1.807) is 109 Å². The number of carbonyl (C=O) groups is 6. The van der Waals surface area contributed by atoms with Crippen LogP contribution < -0.4 is 208 Å². The van der Waals surface area contributed by atoms with Crippen LogP contribution in [0.4, 0.5) is 0 Å². The molecule has 0 aliphatic heterocycles. The van der Waals surface area contributed by atoms with Crippen molar-refractivity contribution in [1.29, 1.82) is 0 Å². The predicted molar refractivity (Wildman–Crippen MR) is 185 cm³/mol. The molecule has 0 N–H and O–H groups in total. The quantitative estimate of drug-likeness (QED) is 0.142. The van der Waals surface area contributed by atoms with Gasteiger partial charge in [0.2, 0.25) is 0 Å². The van der Waals surface area contributed by atoms with Gasteiger partial charge in [0.1, 0.15) is 0 Å². The minimum absolute atomic E-state index is 0. The first-order chi connectivity index (χ1) is 25.8. The summed E-state index contributed by atoms with van der Waals surface area (Å²) in [5.41, 5.74) is 1.32. The summed E-state index contributed by atoms with van der Waals surface area (Å²) in [4.78, 5) is 60.5. The van der Waals surface area contributed by atoms with E-state index in [1.165, 1.54) is 72.8 Å². The molecule has 6 aromatic carbocycles. The normalized spacial score (nSPS) is 8.00. The van der Waals surface area contributed by atoms with Gasteiger partial charge in [0.25, 0.3) is 0 Å². The van der Waals surface area contributed by atoms with Crippen LogP contribution in [0.5, 0.6) is 0 Å². The summed E-state index contributed by atoms with van der Waals surface area (Å²) in [6.07, 6.45) is 0. The van der Waals surface area contributed by atoms with E-state index < -0.39 is 35.8 Å². The minimum atomic E-state index is -1.13. The molecule has 6 aromatic rings. The van der Waals surface area contributed by atoms with Crippen LogP contribution in [-0.4, -0.2) is 35.8 Å². The SMILES string of the molecule is O=C([O-])c1ccccc1.O=C([O-])c1ccccc1.O=C([O-])c1ccccc1.O=C([O-])c1ccccc1.O=C([O-])c1ccccc1.O=C([O-])c1ccccc1.[Na+].[Na+].[Na+].[Na+].[Na+].[Na+]. The summed E-state index contributed by atoms with van der Waals surface area (Å²) in [6, 6.07) is 48.4. The van der Waals surface area contributed by atoms with Crippen LogP contribution >= 0.6 is 0 Å². The molecule has 0 bridgehead atoms. The molecule has 0 saturated heterocycles. The van der Waals surface area contributed by atoms with E-state index in [0.717, 1.165) is 0 Å². The first kappa shape index (κ1) is 69.8. The van der Waals surface area contributed by atoms with Gasteiger partial charge in [-0.1, -0.05) is 182 Å². The number of carbonyl (C=O) groups excluding carboxylic acids is 6. The molecule has 60 heavy (non-hydrogen) atoms. The van der Waals surface area contributed by atoms with Gasteiger partial charge >= 0.3 is 177 Å². The van der Waals surface area contributed by atoms with Crippen molar-refractivity contribution in [2.75, 3.05) is 0 Å². The Bertz CT molecular complexity index is 1630. The van der Waals surface area contributed by atoms with Crippen LogP contribution in [0.15, 0.2) is 182 Å². The molecular formula is C42H30Na6O12. The standard InChI is InChI=1S/6C7H6O2.6Na/c6*8-7(9)6-4-2-1-3-5-6;;;;;;/h6*1-5H,(H,8,9);;;;;;/q;;;;;;6*+1/p-6. The molecule has 6 rings (SSSR count). The molecule has 0 saturated carbocycles. The second-order valence-electron chi connectivity index (χ2n) is 9.92. The van der Waals surface area contributed by atoms with Crippen LogP contribution in [0, 0.1) is 0 Å². The fourth-order valence-electron chi connectivity index (χ4n) is 3.45. The van der Waals surface area contributed by atoms with Gasteiger partial charge in [-0.3, -0.25) is 0 Å². The monoisotopic (exact) mass is 864 g/mol. The summed E-state index contributed by atoms with van der Waals surface area (Å²) >= 11 is 0. The Labute approximate surface area is 480 Å². The minimum Gasteiger partial charge on any atom is -0.545 e. The zero-order valence-corrected chi connectivity index (χ0v) is 46.2. The Morgan fingerprint density at radius 3 is 0.333 bits per heavy atom. The van der Waals surface area contributed by atoms with Gasteiger partial charge in [0, 0.05) is 0 Å². The average molecular weight is 865 g/mol. The molecule has 0 fully saturated rings. The largest absolute Gasteiger partial charge is 1.00 e. The van der Waals surface area contributed by atoms with E-state index in [0.29, 0.717) is 0 Å². The number of carboxylic acids is 6. The number of hydrogen-bond acceptors (Lipinski definition) is 12. The molecule has 276 valence electrons. The van der Waals surface area contributed by atoms with Crippen LogP contribution in [0.1, 0.15) is 62.1 Å². The van der Waals surface area contributed by atoms with Gasteiger partial charge < -0.3 is 59.4 Å². The van der Waals surface area contributed by atoms with E-state index >= 15 is 0 Å². The Hall–Kier alpha value is -1.86. The van der Waals surface area contributed by atoms with E-state index in [1.807, 2.05) is 0 Å². The van der Waals surface area contributed by atoms with Crippen molar-refractivity contribution in [1.82, 2.24) is 0 Å². The summed E-state index contributed by atoms with van der Waals surface area (Å²) in [5, 5.41) is 60.5. The van der Waals surface area contributed by atoms with Crippen molar-refractivity contribution in [2.45, 2.75) is 0 Å². The van der Waals surface area contributed by atoms with Crippen molar-refractivity contribution in [2.24, 2.45) is 0 Å². The fraction of sp³-hybridized carbons (Fsp3) is 0. The summed E-state index contributed by atoms with van der Waals surface area (Å²) in [5.74, 6) is -6.77. The Balaban J connectivity index is -0.000000143. The molecule has 0 aromatic heterocycles. The van der Waals surface area contributed by atoms with E-state index in [9.17, 15) is 59.4 Å². The Morgan fingerprint density at radius 2 is 0.283 bits per heavy atom. The molecule has 0 heterocycles. The zero-order chi connectivity index (χ0) is 40.1. The molecule has 0 spiro atoms. The molecule has 0 amide bonds. The van der Waals surface area contributed by atoms with Crippen molar-refractivity contribution in [3.05, 3.63) is 215 Å². The van der Waals surface area contributed by atoms with Crippen molar-refractivity contribution < 1.29 is 237 Å². The van der Waals surface area contributed by atoms with Crippen molar-refractivity contribution in [3.63, 3.8) is 0 Å². The summed E-state index contributed by atoms with van der Waals surface area (Å²) < 4.78 is 0. The molecule has 0 radical (unpaired) electrons. The fourth-order valence-corrected chi connectivity index (χ4v) is 3.45. The molecular weight excluding hydrogens is 834 g/mol. The maximum Gasteiger partial charge on any atom is 1.00 e. The third-order valence-electron chi connectivity index (χ3n) is 6.06. The topological polar surface area (TPSA) is 241 Å². The number of carboxylic acid groups (broad SMARTS) is 6. The van der Waals surface area contributed by atoms with Crippen LogP contribution in [0.3, 0.4) is 0 Å². The van der Waals surface area contributed by atoms with Gasteiger partial charge in [0.15, 0.2) is 0 Å². The Morgan fingerprint density at radius 1 is 0.200 bits per heavy atom. The number of rotatable bonds is 6. The number of benzene rings is 6. The zero-order valence-electron chi connectivity index (χ0n) is 34.2. The first-order valence-electron chi connectivity index (χ1n) is 15.4. The second-order valence-corrected chi connectivity index (χ2v) is 9.92. The van der Waals surface area contributed by atoms with Crippen molar-refractivity contribution >= 4 is 35.8 Å². The van der Waals surface area contributed by atoms with Crippen molar-refractivity contribution in [3.8, 4) is 0 Å². The van der Waals surface area contributed by atoms with Gasteiger partial charge in [-0.05, 0) is 33.4 Å². The second kappa shape index (κ2) is 43.8. The Kier molecular flexibility index (Phi) is 50.9. The molecule has 0 aliphatic carbocycles. The van der Waals surface area contributed by atoms with Gasteiger partial charge in [-0.25, -0.2) is 0 Å². The maximum atomic E-state index is 10.1. The molecule has 12 nitrogen and oxygen atoms in total. The molecule has 0 aliphatic rings. The average Bonchev–Trinajstić information content (AvgIpc) is 3.21. The van der Waals surface area contributed by atoms with Gasteiger partial charge in [-0.2, -0.15) is 0 Å². The first-order valence-corrected chi connectivity index (χ1v) is 15.4. The summed E-state index contributed by atoms with van der Waals surface area (Å²) in [7, 11) is 0. The third kappa shape index (κ3) is 34.7. The molecule has 0 atom stereocenters. The molecule has 18 heteroatoms. The number of hydrogen-bond donors (Lipinski definition) is 0. The van der Waals surface area contributed by atoms with Crippen LogP contribution in [0.2, 0.25) is 0 Å². The predicted octanol–water partition coefficient (Wildman–Crippen LogP) is -17.7. The van der Waals surface area contributed by atoms with Gasteiger partial charge in [-0.15, -0.1) is 0 Å². The number of aromatic carboxylic acids is 6. The van der Waals surface area contributed by atoms with E-state index in [2.05, 4.69) is 0 Å². The summed E-state index contributed by atoms with van der Waals surface area (Å²) in [6.45, 7) is 0. The smallest absolute Gasteiger partial charge is 0.545 e. The van der Waals surface area contributed by atoms with Crippen LogP contribution in [-0.2, 0) is 0 Å². The van der Waals surface area contributed by atoms with E-state index in [-0.39, 0.29) is 211 Å².